The van der Waals surface area contributed by atoms with E-state index in [0.717, 1.165) is 30.2 Å². The normalized spacial score (nSPS) is 15.0. The molecule has 4 heteroatoms. The molecule has 0 amide bonds. The van der Waals surface area contributed by atoms with Gasteiger partial charge >= 0.3 is 0 Å². The Morgan fingerprint density at radius 2 is 2.06 bits per heavy atom. The Morgan fingerprint density at radius 1 is 1.33 bits per heavy atom. The van der Waals surface area contributed by atoms with Crippen LogP contribution in [0.25, 0.3) is 0 Å². The van der Waals surface area contributed by atoms with E-state index >= 15 is 0 Å². The largest absolute Gasteiger partial charge is 0.327 e. The van der Waals surface area contributed by atoms with E-state index in [9.17, 15) is 0 Å². The second-order valence-corrected chi connectivity index (χ2v) is 6.51. The highest BCUT2D eigenvalue weighted by molar-refractivity contribution is 7.99. The van der Waals surface area contributed by atoms with E-state index in [2.05, 4.69) is 45.1 Å². The van der Waals surface area contributed by atoms with E-state index < -0.39 is 0 Å². The summed E-state index contributed by atoms with van der Waals surface area (Å²) in [6.07, 6.45) is 4.06. The molecule has 0 saturated carbocycles. The predicted octanol–water partition coefficient (Wildman–Crippen LogP) is 3.11. The van der Waals surface area contributed by atoms with E-state index in [4.69, 9.17) is 5.73 Å². The minimum Gasteiger partial charge on any atom is -0.327 e. The van der Waals surface area contributed by atoms with Gasteiger partial charge in [-0.3, -0.25) is 4.68 Å². The fraction of sp³-hybridized carbons (Fsp3) is 0.786. The standard InChI is InChI=1S/C14H27N3S/c1-5-12(4)17-7-6-14(16-17)8-13(15)10-18-9-11(2)3/h6-7,11-13H,5,8-10,15H2,1-4H3. The van der Waals surface area contributed by atoms with Gasteiger partial charge in [-0.15, -0.1) is 0 Å². The highest BCUT2D eigenvalue weighted by Gasteiger charge is 2.09. The third kappa shape index (κ3) is 5.44. The Bertz CT molecular complexity index is 336. The van der Waals surface area contributed by atoms with Gasteiger partial charge in [0.25, 0.3) is 0 Å². The molecule has 0 fully saturated rings. The highest BCUT2D eigenvalue weighted by Crippen LogP contribution is 2.12. The number of hydrogen-bond acceptors (Lipinski definition) is 3. The lowest BCUT2D eigenvalue weighted by Crippen LogP contribution is -2.26. The fourth-order valence-electron chi connectivity index (χ4n) is 1.70. The van der Waals surface area contributed by atoms with Crippen molar-refractivity contribution in [3.8, 4) is 0 Å². The zero-order valence-corrected chi connectivity index (χ0v) is 12.9. The van der Waals surface area contributed by atoms with Gasteiger partial charge in [0.1, 0.15) is 0 Å². The van der Waals surface area contributed by atoms with Crippen LogP contribution < -0.4 is 5.73 Å². The van der Waals surface area contributed by atoms with Crippen LogP contribution in [0.2, 0.25) is 0 Å². The zero-order chi connectivity index (χ0) is 13.5. The molecule has 2 N–H and O–H groups in total. The van der Waals surface area contributed by atoms with Gasteiger partial charge in [0.05, 0.1) is 5.69 Å². The predicted molar refractivity (Wildman–Crippen MR) is 81.1 cm³/mol. The van der Waals surface area contributed by atoms with E-state index in [0.29, 0.717) is 6.04 Å². The van der Waals surface area contributed by atoms with Crippen molar-refractivity contribution in [2.24, 2.45) is 11.7 Å². The van der Waals surface area contributed by atoms with Crippen molar-refractivity contribution >= 4 is 11.8 Å². The van der Waals surface area contributed by atoms with Crippen LogP contribution in [0.5, 0.6) is 0 Å². The van der Waals surface area contributed by atoms with Gasteiger partial charge in [0, 0.05) is 30.5 Å². The molecule has 0 radical (unpaired) electrons. The Morgan fingerprint density at radius 3 is 2.67 bits per heavy atom. The first-order valence-corrected chi connectivity index (χ1v) is 8.05. The SMILES string of the molecule is CCC(C)n1ccc(CC(N)CSCC(C)C)n1. The van der Waals surface area contributed by atoms with Crippen molar-refractivity contribution in [1.29, 1.82) is 0 Å². The maximum atomic E-state index is 6.14. The molecular weight excluding hydrogens is 242 g/mol. The molecule has 1 heterocycles. The Kier molecular flexibility index (Phi) is 6.79. The van der Waals surface area contributed by atoms with E-state index in [-0.39, 0.29) is 6.04 Å². The summed E-state index contributed by atoms with van der Waals surface area (Å²) in [7, 11) is 0. The first-order chi connectivity index (χ1) is 8.52. The van der Waals surface area contributed by atoms with Crippen molar-refractivity contribution in [3.05, 3.63) is 18.0 Å². The van der Waals surface area contributed by atoms with Crippen LogP contribution in [0, 0.1) is 5.92 Å². The van der Waals surface area contributed by atoms with Gasteiger partial charge in [-0.05, 0) is 31.1 Å². The second kappa shape index (κ2) is 7.85. The number of nitrogens with two attached hydrogens (primary N) is 1. The molecule has 3 nitrogen and oxygen atoms in total. The summed E-state index contributed by atoms with van der Waals surface area (Å²) in [5.74, 6) is 2.95. The van der Waals surface area contributed by atoms with Crippen LogP contribution in [0.4, 0.5) is 0 Å². The fourth-order valence-corrected chi connectivity index (χ4v) is 2.73. The molecule has 0 saturated heterocycles. The maximum absolute atomic E-state index is 6.14. The lowest BCUT2D eigenvalue weighted by molar-refractivity contribution is 0.472. The van der Waals surface area contributed by atoms with Crippen LogP contribution in [0.1, 0.15) is 45.9 Å². The van der Waals surface area contributed by atoms with Gasteiger partial charge in [-0.2, -0.15) is 16.9 Å². The summed E-state index contributed by atoms with van der Waals surface area (Å²) >= 11 is 1.95. The summed E-state index contributed by atoms with van der Waals surface area (Å²) in [6, 6.07) is 2.79. The summed E-state index contributed by atoms with van der Waals surface area (Å²) in [5.41, 5.74) is 7.26. The Balaban J connectivity index is 2.35. The monoisotopic (exact) mass is 269 g/mol. The molecule has 0 bridgehead atoms. The molecule has 18 heavy (non-hydrogen) atoms. The van der Waals surface area contributed by atoms with Crippen molar-refractivity contribution in [2.75, 3.05) is 11.5 Å². The van der Waals surface area contributed by atoms with E-state index in [1.54, 1.807) is 0 Å². The maximum Gasteiger partial charge on any atom is 0.0640 e. The second-order valence-electron chi connectivity index (χ2n) is 5.44. The third-order valence-electron chi connectivity index (χ3n) is 2.96. The average Bonchev–Trinajstić information content (AvgIpc) is 2.76. The van der Waals surface area contributed by atoms with Gasteiger partial charge in [-0.1, -0.05) is 20.8 Å². The van der Waals surface area contributed by atoms with Gasteiger partial charge < -0.3 is 5.73 Å². The van der Waals surface area contributed by atoms with Gasteiger partial charge in [-0.25, -0.2) is 0 Å². The smallest absolute Gasteiger partial charge is 0.0640 e. The van der Waals surface area contributed by atoms with E-state index in [1.807, 2.05) is 16.4 Å². The van der Waals surface area contributed by atoms with Crippen LogP contribution in [-0.4, -0.2) is 27.3 Å². The highest BCUT2D eigenvalue weighted by atomic mass is 32.2. The van der Waals surface area contributed by atoms with Crippen LogP contribution >= 0.6 is 11.8 Å². The number of aromatic nitrogens is 2. The topological polar surface area (TPSA) is 43.8 Å². The number of thioether (sulfide) groups is 1. The first kappa shape index (κ1) is 15.6. The summed E-state index contributed by atoms with van der Waals surface area (Å²) in [5, 5.41) is 4.59. The summed E-state index contributed by atoms with van der Waals surface area (Å²) in [4.78, 5) is 0. The first-order valence-electron chi connectivity index (χ1n) is 6.90. The van der Waals surface area contributed by atoms with Crippen molar-refractivity contribution in [2.45, 2.75) is 52.6 Å². The molecule has 1 rings (SSSR count). The van der Waals surface area contributed by atoms with Crippen LogP contribution in [0.3, 0.4) is 0 Å². The molecule has 2 unspecified atom stereocenters. The van der Waals surface area contributed by atoms with Crippen molar-refractivity contribution in [1.82, 2.24) is 9.78 Å². The molecule has 0 aliphatic rings. The number of hydrogen-bond donors (Lipinski definition) is 1. The Hall–Kier alpha value is -0.480. The van der Waals surface area contributed by atoms with Crippen LogP contribution in [-0.2, 0) is 6.42 Å². The molecular formula is C14H27N3S. The lowest BCUT2D eigenvalue weighted by atomic mass is 10.2. The van der Waals surface area contributed by atoms with Crippen LogP contribution in [0.15, 0.2) is 12.3 Å². The number of nitrogens with zero attached hydrogens (tertiary/aromatic N) is 2. The molecule has 1 aromatic heterocycles. The summed E-state index contributed by atoms with van der Waals surface area (Å²) < 4.78 is 2.04. The molecule has 2 atom stereocenters. The minimum atomic E-state index is 0.217. The molecule has 1 aromatic rings. The Labute approximate surface area is 116 Å². The molecule has 0 aliphatic carbocycles. The van der Waals surface area contributed by atoms with Crippen molar-refractivity contribution < 1.29 is 0 Å². The molecule has 0 aliphatic heterocycles. The molecule has 0 spiro atoms. The van der Waals surface area contributed by atoms with E-state index in [1.165, 1.54) is 5.75 Å². The van der Waals surface area contributed by atoms with Gasteiger partial charge in [0.2, 0.25) is 0 Å². The zero-order valence-electron chi connectivity index (χ0n) is 12.1. The quantitative estimate of drug-likeness (QED) is 0.788. The molecule has 0 aromatic carbocycles. The molecule has 104 valence electrons. The third-order valence-corrected chi connectivity index (χ3v) is 4.53. The number of rotatable bonds is 8. The lowest BCUT2D eigenvalue weighted by Gasteiger charge is -2.11. The van der Waals surface area contributed by atoms with Gasteiger partial charge in [0.15, 0.2) is 0 Å². The van der Waals surface area contributed by atoms with Crippen molar-refractivity contribution in [3.63, 3.8) is 0 Å². The average molecular weight is 269 g/mol. The summed E-state index contributed by atoms with van der Waals surface area (Å²) in [6.45, 7) is 8.86. The minimum absolute atomic E-state index is 0.217.